The summed E-state index contributed by atoms with van der Waals surface area (Å²) < 4.78 is 40.2. The normalized spacial score (nSPS) is 36.9. The van der Waals surface area contributed by atoms with E-state index in [1.54, 1.807) is 0 Å². The van der Waals surface area contributed by atoms with E-state index in [4.69, 9.17) is 33.2 Å². The van der Waals surface area contributed by atoms with Crippen LogP contribution in [0.2, 0.25) is 0 Å². The van der Waals surface area contributed by atoms with Crippen molar-refractivity contribution >= 4 is 12.0 Å². The third-order valence-corrected chi connectivity index (χ3v) is 9.36. The molecule has 2 aromatic carbocycles. The highest BCUT2D eigenvalue weighted by molar-refractivity contribution is 5.87. The molecule has 0 aliphatic carbocycles. The van der Waals surface area contributed by atoms with Crippen LogP contribution in [0.15, 0.2) is 42.5 Å². The molecule has 20 nitrogen and oxygen atoms in total. The van der Waals surface area contributed by atoms with E-state index in [1.165, 1.54) is 43.3 Å². The van der Waals surface area contributed by atoms with Gasteiger partial charge in [0.05, 0.1) is 25.9 Å². The molecular weight excluding hydrogens is 740 g/mol. The second kappa shape index (κ2) is 18.5. The summed E-state index contributed by atoms with van der Waals surface area (Å²) in [4.78, 5) is 13.3. The van der Waals surface area contributed by atoms with Crippen LogP contribution in [0.3, 0.4) is 0 Å². The first-order valence-corrected chi connectivity index (χ1v) is 17.2. The first-order valence-electron chi connectivity index (χ1n) is 17.2. The van der Waals surface area contributed by atoms with Crippen molar-refractivity contribution in [3.8, 4) is 23.0 Å². The first-order chi connectivity index (χ1) is 26.1. The van der Waals surface area contributed by atoms with Gasteiger partial charge in [0.1, 0.15) is 61.0 Å². The van der Waals surface area contributed by atoms with Crippen LogP contribution >= 0.6 is 0 Å². The predicted octanol–water partition coefficient (Wildman–Crippen LogP) is -3.19. The standard InChI is InChI=1S/C35H46O20/c1-14-24(42)26(44)28(46)33(51-14)50-13-22-31(54-23(41)7-4-15-2-5-17(37)19(39)10-15)32(55-35-29(47)27(45)25(43)21(12-36)52-35)30(48)34(53-22)49-9-8-16-3-6-18(38)20(40)11-16/h2-7,10-11,14,21-22,24-40,42-48H,8-9,12-13H2,1H3/b7-4+/t14-,21+,22+,24-,25+,26+,27-,28+,29+,30+,31+,32+,33+,34+,35-/m0/s1. The molecule has 0 spiro atoms. The third-order valence-electron chi connectivity index (χ3n) is 9.36. The van der Waals surface area contributed by atoms with Gasteiger partial charge in [0.15, 0.2) is 48.0 Å². The van der Waals surface area contributed by atoms with Crippen LogP contribution in [-0.2, 0) is 44.4 Å². The van der Waals surface area contributed by atoms with Crippen molar-refractivity contribution in [2.24, 2.45) is 0 Å². The van der Waals surface area contributed by atoms with Gasteiger partial charge in [0, 0.05) is 6.08 Å². The van der Waals surface area contributed by atoms with E-state index in [-0.39, 0.29) is 24.3 Å². The molecule has 15 atom stereocenters. The predicted molar refractivity (Wildman–Crippen MR) is 180 cm³/mol. The molecule has 0 radical (unpaired) electrons. The number of ether oxygens (including phenoxy) is 7. The Labute approximate surface area is 313 Å². The second-order valence-electron chi connectivity index (χ2n) is 13.3. The zero-order chi connectivity index (χ0) is 40.1. The van der Waals surface area contributed by atoms with Crippen LogP contribution in [0.1, 0.15) is 18.1 Å². The molecule has 20 heteroatoms. The van der Waals surface area contributed by atoms with Gasteiger partial charge in [-0.05, 0) is 54.8 Å². The molecule has 0 amide bonds. The number of phenols is 4. The number of esters is 1. The van der Waals surface area contributed by atoms with Gasteiger partial charge in [-0.25, -0.2) is 4.79 Å². The number of aromatic hydroxyl groups is 4. The molecule has 306 valence electrons. The van der Waals surface area contributed by atoms with Gasteiger partial charge >= 0.3 is 5.97 Å². The SMILES string of the molecule is C[C@@H]1O[C@@H](OC[C@H]2O[C@@H](OCCc3ccc(O)c(O)c3)[C@H](O)[C@@H](O[C@@H]3O[C@H](CO)[C@@H](O)[C@H](O)[C@H]3O)[C@@H]2OC(=O)/C=C/c2ccc(O)c(O)c2)[C@H](O)[C@H](O)[C@H]1O. The van der Waals surface area contributed by atoms with E-state index in [1.807, 2.05) is 0 Å². The number of aliphatic hydroxyl groups excluding tert-OH is 8. The Bertz CT molecular complexity index is 1610. The number of carbonyl (C=O) groups excluding carboxylic acids is 1. The van der Waals surface area contributed by atoms with Crippen molar-refractivity contribution in [3.05, 3.63) is 53.6 Å². The van der Waals surface area contributed by atoms with Crippen molar-refractivity contribution in [1.82, 2.24) is 0 Å². The van der Waals surface area contributed by atoms with Crippen LogP contribution in [0.5, 0.6) is 23.0 Å². The molecule has 0 saturated carbocycles. The van der Waals surface area contributed by atoms with Crippen molar-refractivity contribution in [2.75, 3.05) is 19.8 Å². The molecule has 3 fully saturated rings. The van der Waals surface area contributed by atoms with E-state index in [0.29, 0.717) is 5.56 Å². The quantitative estimate of drug-likeness (QED) is 0.0541. The number of hydrogen-bond acceptors (Lipinski definition) is 20. The Morgan fingerprint density at radius 1 is 0.673 bits per heavy atom. The van der Waals surface area contributed by atoms with Crippen molar-refractivity contribution < 1.29 is 99.2 Å². The fourth-order valence-electron chi connectivity index (χ4n) is 6.14. The first kappa shape index (κ1) is 42.4. The molecule has 3 saturated heterocycles. The lowest BCUT2D eigenvalue weighted by Crippen LogP contribution is -2.66. The number of rotatable bonds is 13. The summed E-state index contributed by atoms with van der Waals surface area (Å²) in [5.41, 5.74) is 0.767. The summed E-state index contributed by atoms with van der Waals surface area (Å²) in [5.74, 6) is -2.72. The van der Waals surface area contributed by atoms with Gasteiger partial charge in [-0.15, -0.1) is 0 Å². The lowest BCUT2D eigenvalue weighted by molar-refractivity contribution is -0.365. The van der Waals surface area contributed by atoms with Gasteiger partial charge in [0.2, 0.25) is 0 Å². The van der Waals surface area contributed by atoms with Crippen molar-refractivity contribution in [3.63, 3.8) is 0 Å². The number of benzene rings is 2. The van der Waals surface area contributed by atoms with Gasteiger partial charge < -0.3 is 94.4 Å². The highest BCUT2D eigenvalue weighted by atomic mass is 16.8. The highest BCUT2D eigenvalue weighted by Gasteiger charge is 2.53. The number of carbonyl (C=O) groups is 1. The van der Waals surface area contributed by atoms with Gasteiger partial charge in [-0.1, -0.05) is 12.1 Å². The Morgan fingerprint density at radius 3 is 1.96 bits per heavy atom. The topological polar surface area (TPSA) is 324 Å². The molecule has 12 N–H and O–H groups in total. The molecular formula is C35H46O20. The molecule has 5 rings (SSSR count). The highest BCUT2D eigenvalue weighted by Crippen LogP contribution is 2.33. The summed E-state index contributed by atoms with van der Waals surface area (Å²) in [6, 6.07) is 7.73. The van der Waals surface area contributed by atoms with Crippen molar-refractivity contribution in [2.45, 2.75) is 105 Å². The minimum Gasteiger partial charge on any atom is -0.504 e. The summed E-state index contributed by atoms with van der Waals surface area (Å²) in [6.07, 6.45) is -22.7. The summed E-state index contributed by atoms with van der Waals surface area (Å²) in [5, 5.41) is 123. The third kappa shape index (κ3) is 10.0. The lowest BCUT2D eigenvalue weighted by atomic mass is 9.96. The minimum absolute atomic E-state index is 0.107. The minimum atomic E-state index is -1.97. The van der Waals surface area contributed by atoms with Gasteiger partial charge in [-0.3, -0.25) is 0 Å². The van der Waals surface area contributed by atoms with E-state index >= 15 is 0 Å². The molecule has 0 unspecified atom stereocenters. The van der Waals surface area contributed by atoms with Gasteiger partial charge in [-0.2, -0.15) is 0 Å². The maximum absolute atomic E-state index is 13.3. The molecule has 3 aliphatic rings. The number of phenolic OH excluding ortho intramolecular Hbond substituents is 4. The van der Waals surface area contributed by atoms with Crippen molar-refractivity contribution in [1.29, 1.82) is 0 Å². The zero-order valence-corrected chi connectivity index (χ0v) is 29.2. The Kier molecular flexibility index (Phi) is 14.3. The lowest BCUT2D eigenvalue weighted by Gasteiger charge is -2.47. The summed E-state index contributed by atoms with van der Waals surface area (Å²) in [6.45, 7) is -0.242. The molecule has 3 aliphatic heterocycles. The van der Waals surface area contributed by atoms with E-state index in [0.717, 1.165) is 12.1 Å². The molecule has 2 aromatic rings. The van der Waals surface area contributed by atoms with E-state index in [2.05, 4.69) is 0 Å². The molecule has 0 aromatic heterocycles. The number of aliphatic hydroxyl groups is 8. The van der Waals surface area contributed by atoms with E-state index in [9.17, 15) is 66.1 Å². The van der Waals surface area contributed by atoms with Gasteiger partial charge in [0.25, 0.3) is 0 Å². The van der Waals surface area contributed by atoms with Crippen LogP contribution in [0.25, 0.3) is 6.08 Å². The smallest absolute Gasteiger partial charge is 0.331 e. The van der Waals surface area contributed by atoms with Crippen LogP contribution < -0.4 is 0 Å². The molecule has 55 heavy (non-hydrogen) atoms. The Balaban J connectivity index is 1.44. The molecule has 3 heterocycles. The summed E-state index contributed by atoms with van der Waals surface area (Å²) >= 11 is 0. The number of hydrogen-bond donors (Lipinski definition) is 12. The summed E-state index contributed by atoms with van der Waals surface area (Å²) in [7, 11) is 0. The van der Waals surface area contributed by atoms with Crippen LogP contribution in [0.4, 0.5) is 0 Å². The second-order valence-corrected chi connectivity index (χ2v) is 13.3. The average Bonchev–Trinajstić information content (AvgIpc) is 3.16. The van der Waals surface area contributed by atoms with Crippen LogP contribution in [-0.4, -0.2) is 179 Å². The van der Waals surface area contributed by atoms with Crippen LogP contribution in [0, 0.1) is 0 Å². The fraction of sp³-hybridized carbons (Fsp3) is 0.571. The zero-order valence-electron chi connectivity index (χ0n) is 29.2. The molecule has 0 bridgehead atoms. The maximum atomic E-state index is 13.3. The fourth-order valence-corrected chi connectivity index (χ4v) is 6.14. The maximum Gasteiger partial charge on any atom is 0.331 e. The average molecular weight is 787 g/mol. The monoisotopic (exact) mass is 786 g/mol. The largest absolute Gasteiger partial charge is 0.504 e. The van der Waals surface area contributed by atoms with E-state index < -0.39 is 129 Å². The Morgan fingerprint density at radius 2 is 1.29 bits per heavy atom. The Hall–Kier alpha value is -3.71.